The maximum atomic E-state index is 5.27. The van der Waals surface area contributed by atoms with Crippen LogP contribution in [0.4, 0.5) is 0 Å². The lowest BCUT2D eigenvalue weighted by atomic mass is 10.1. The second-order valence-corrected chi connectivity index (χ2v) is 4.15. The molecule has 0 bridgehead atoms. The Morgan fingerprint density at radius 1 is 1.28 bits per heavy atom. The van der Waals surface area contributed by atoms with E-state index in [0.717, 1.165) is 22.1 Å². The molecule has 0 heterocycles. The van der Waals surface area contributed by atoms with Gasteiger partial charge in [0, 0.05) is 0 Å². The molecule has 0 atom stereocenters. The van der Waals surface area contributed by atoms with Gasteiger partial charge in [-0.1, -0.05) is 18.2 Å². The molecule has 2 aromatic rings. The van der Waals surface area contributed by atoms with E-state index in [0.29, 0.717) is 0 Å². The molecule has 0 radical (unpaired) electrons. The summed E-state index contributed by atoms with van der Waals surface area (Å²) in [5.74, 6) is 0.846. The van der Waals surface area contributed by atoms with Gasteiger partial charge in [0.15, 0.2) is 5.11 Å². The van der Waals surface area contributed by atoms with E-state index in [9.17, 15) is 0 Å². The summed E-state index contributed by atoms with van der Waals surface area (Å²) in [7, 11) is 1.66. The van der Waals surface area contributed by atoms with Crippen LogP contribution in [-0.2, 0) is 0 Å². The largest absolute Gasteiger partial charge is 0.497 e. The zero-order valence-corrected chi connectivity index (χ0v) is 10.7. The molecule has 0 amide bonds. The number of hydrazone groups is 1. The number of hydrogen-bond donors (Lipinski definition) is 2. The van der Waals surface area contributed by atoms with Crippen LogP contribution in [0, 0.1) is 0 Å². The summed E-state index contributed by atoms with van der Waals surface area (Å²) in [6.45, 7) is 0. The van der Waals surface area contributed by atoms with E-state index in [2.05, 4.69) is 22.7 Å². The normalized spacial score (nSPS) is 10.7. The van der Waals surface area contributed by atoms with Crippen molar-refractivity contribution in [1.82, 2.24) is 5.43 Å². The first-order valence-corrected chi connectivity index (χ1v) is 5.76. The number of fused-ring (bicyclic) bond motifs is 1. The smallest absolute Gasteiger partial charge is 0.184 e. The molecular formula is C13H13N3OS. The molecule has 2 rings (SSSR count). The highest BCUT2D eigenvalue weighted by Crippen LogP contribution is 2.21. The molecule has 2 aromatic carbocycles. The Morgan fingerprint density at radius 3 is 2.72 bits per heavy atom. The Morgan fingerprint density at radius 2 is 2.00 bits per heavy atom. The molecular weight excluding hydrogens is 246 g/mol. The second kappa shape index (κ2) is 5.46. The van der Waals surface area contributed by atoms with Crippen molar-refractivity contribution in [3.8, 4) is 5.75 Å². The van der Waals surface area contributed by atoms with Crippen molar-refractivity contribution in [2.24, 2.45) is 10.8 Å². The van der Waals surface area contributed by atoms with Crippen LogP contribution < -0.4 is 15.9 Å². The maximum Gasteiger partial charge on any atom is 0.184 e. The Labute approximate surface area is 110 Å². The highest BCUT2D eigenvalue weighted by atomic mass is 32.1. The lowest BCUT2D eigenvalue weighted by Gasteiger charge is -2.03. The predicted octanol–water partition coefficient (Wildman–Crippen LogP) is 2.02. The molecule has 92 valence electrons. The molecule has 0 aliphatic heterocycles. The van der Waals surface area contributed by atoms with Crippen LogP contribution >= 0.6 is 12.2 Å². The summed E-state index contributed by atoms with van der Waals surface area (Å²) < 4.78 is 5.18. The predicted molar refractivity (Wildman–Crippen MR) is 78.0 cm³/mol. The number of rotatable bonds is 3. The fourth-order valence-electron chi connectivity index (χ4n) is 1.62. The average molecular weight is 259 g/mol. The van der Waals surface area contributed by atoms with Gasteiger partial charge in [-0.3, -0.25) is 5.43 Å². The molecule has 0 aliphatic carbocycles. The lowest BCUT2D eigenvalue weighted by Crippen LogP contribution is -2.23. The van der Waals surface area contributed by atoms with Gasteiger partial charge < -0.3 is 10.5 Å². The standard InChI is InChI=1S/C13H13N3OS/c1-17-12-5-4-10-6-9(2-3-11(10)7-12)8-15-16-13(14)18/h2-8H,1H3,(H3,14,16,18)/b15-8-. The number of hydrogen-bond acceptors (Lipinski definition) is 3. The molecule has 18 heavy (non-hydrogen) atoms. The van der Waals surface area contributed by atoms with Gasteiger partial charge in [-0.15, -0.1) is 0 Å². The molecule has 0 aliphatic rings. The summed E-state index contributed by atoms with van der Waals surface area (Å²) in [4.78, 5) is 0. The van der Waals surface area contributed by atoms with E-state index in [-0.39, 0.29) is 5.11 Å². The zero-order chi connectivity index (χ0) is 13.0. The van der Waals surface area contributed by atoms with Crippen molar-refractivity contribution in [2.45, 2.75) is 0 Å². The number of thiocarbonyl (C=S) groups is 1. The van der Waals surface area contributed by atoms with Crippen molar-refractivity contribution in [3.05, 3.63) is 42.0 Å². The van der Waals surface area contributed by atoms with Gasteiger partial charge in [0.2, 0.25) is 0 Å². The average Bonchev–Trinajstić information content (AvgIpc) is 2.37. The van der Waals surface area contributed by atoms with Crippen molar-refractivity contribution in [3.63, 3.8) is 0 Å². The first kappa shape index (κ1) is 12.3. The van der Waals surface area contributed by atoms with E-state index in [1.54, 1.807) is 13.3 Å². The minimum absolute atomic E-state index is 0.150. The van der Waals surface area contributed by atoms with Crippen LogP contribution in [0.25, 0.3) is 10.8 Å². The third-order valence-corrected chi connectivity index (χ3v) is 2.55. The quantitative estimate of drug-likeness (QED) is 0.503. The van der Waals surface area contributed by atoms with Crippen molar-refractivity contribution >= 4 is 34.3 Å². The lowest BCUT2D eigenvalue weighted by molar-refractivity contribution is 0.415. The van der Waals surface area contributed by atoms with Crippen LogP contribution in [0.1, 0.15) is 5.56 Å². The number of nitrogens with one attached hydrogen (secondary N) is 1. The molecule has 0 saturated carbocycles. The number of nitrogens with two attached hydrogens (primary N) is 1. The highest BCUT2D eigenvalue weighted by Gasteiger charge is 1.97. The summed E-state index contributed by atoms with van der Waals surface area (Å²) >= 11 is 4.65. The summed E-state index contributed by atoms with van der Waals surface area (Å²) in [6, 6.07) is 11.9. The third-order valence-electron chi connectivity index (χ3n) is 2.46. The van der Waals surface area contributed by atoms with E-state index >= 15 is 0 Å². The van der Waals surface area contributed by atoms with E-state index in [1.807, 2.05) is 36.4 Å². The molecule has 0 aromatic heterocycles. The number of nitrogens with zero attached hydrogens (tertiary/aromatic N) is 1. The fraction of sp³-hybridized carbons (Fsp3) is 0.0769. The number of benzene rings is 2. The Kier molecular flexibility index (Phi) is 3.74. The molecule has 0 saturated heterocycles. The first-order valence-electron chi connectivity index (χ1n) is 5.35. The fourth-order valence-corrected chi connectivity index (χ4v) is 1.67. The molecule has 0 fully saturated rings. The van der Waals surface area contributed by atoms with Crippen LogP contribution in [0.5, 0.6) is 5.75 Å². The Bertz CT molecular complexity index is 610. The molecule has 0 unspecified atom stereocenters. The molecule has 3 N–H and O–H groups in total. The van der Waals surface area contributed by atoms with Gasteiger partial charge in [-0.2, -0.15) is 5.10 Å². The van der Waals surface area contributed by atoms with Crippen molar-refractivity contribution < 1.29 is 4.74 Å². The Balaban J connectivity index is 2.27. The van der Waals surface area contributed by atoms with Crippen LogP contribution in [0.2, 0.25) is 0 Å². The van der Waals surface area contributed by atoms with Crippen LogP contribution in [0.15, 0.2) is 41.5 Å². The monoisotopic (exact) mass is 259 g/mol. The van der Waals surface area contributed by atoms with Crippen molar-refractivity contribution in [2.75, 3.05) is 7.11 Å². The van der Waals surface area contributed by atoms with Gasteiger partial charge in [-0.05, 0) is 46.8 Å². The van der Waals surface area contributed by atoms with Gasteiger partial charge in [0.1, 0.15) is 5.75 Å². The number of ether oxygens (including phenoxy) is 1. The van der Waals surface area contributed by atoms with E-state index in [4.69, 9.17) is 10.5 Å². The van der Waals surface area contributed by atoms with Gasteiger partial charge in [0.25, 0.3) is 0 Å². The maximum absolute atomic E-state index is 5.27. The van der Waals surface area contributed by atoms with Crippen molar-refractivity contribution in [1.29, 1.82) is 0 Å². The molecule has 4 nitrogen and oxygen atoms in total. The highest BCUT2D eigenvalue weighted by molar-refractivity contribution is 7.80. The molecule has 0 spiro atoms. The Hall–Kier alpha value is -2.14. The summed E-state index contributed by atoms with van der Waals surface area (Å²) in [5.41, 5.74) is 8.76. The number of methoxy groups -OCH3 is 1. The SMILES string of the molecule is COc1ccc2cc(/C=N\NC(N)=S)ccc2c1. The summed E-state index contributed by atoms with van der Waals surface area (Å²) in [6.07, 6.45) is 1.67. The minimum Gasteiger partial charge on any atom is -0.497 e. The third kappa shape index (κ3) is 2.95. The zero-order valence-electron chi connectivity index (χ0n) is 9.88. The summed E-state index contributed by atoms with van der Waals surface area (Å²) in [5, 5.41) is 6.31. The minimum atomic E-state index is 0.150. The van der Waals surface area contributed by atoms with Gasteiger partial charge in [0.05, 0.1) is 13.3 Å². The van der Waals surface area contributed by atoms with Gasteiger partial charge in [-0.25, -0.2) is 0 Å². The first-order chi connectivity index (χ1) is 8.69. The van der Waals surface area contributed by atoms with Crippen LogP contribution in [0.3, 0.4) is 0 Å². The topological polar surface area (TPSA) is 59.6 Å². The van der Waals surface area contributed by atoms with E-state index in [1.165, 1.54) is 0 Å². The molecule has 5 heteroatoms. The van der Waals surface area contributed by atoms with Crippen LogP contribution in [-0.4, -0.2) is 18.4 Å². The van der Waals surface area contributed by atoms with Gasteiger partial charge >= 0.3 is 0 Å². The van der Waals surface area contributed by atoms with E-state index < -0.39 is 0 Å². The second-order valence-electron chi connectivity index (χ2n) is 3.71.